The van der Waals surface area contributed by atoms with Crippen LogP contribution in [0.5, 0.6) is 0 Å². The Bertz CT molecular complexity index is 484. The Morgan fingerprint density at radius 3 is 2.74 bits per heavy atom. The minimum atomic E-state index is -0.132. The van der Waals surface area contributed by atoms with Crippen LogP contribution in [-0.2, 0) is 4.79 Å². The van der Waals surface area contributed by atoms with E-state index < -0.39 is 0 Å². The van der Waals surface area contributed by atoms with Crippen molar-refractivity contribution in [1.29, 1.82) is 0 Å². The van der Waals surface area contributed by atoms with E-state index in [2.05, 4.69) is 10.6 Å². The van der Waals surface area contributed by atoms with Gasteiger partial charge in [-0.2, -0.15) is 0 Å². The number of carbonyl (C=O) groups is 2. The van der Waals surface area contributed by atoms with Crippen molar-refractivity contribution in [2.75, 3.05) is 13.2 Å². The molecule has 6 heteroatoms. The fourth-order valence-corrected chi connectivity index (χ4v) is 3.80. The van der Waals surface area contributed by atoms with Crippen molar-refractivity contribution >= 4 is 23.2 Å². The Kier molecular flexibility index (Phi) is 7.55. The average molecular weight is 338 g/mol. The second-order valence-corrected chi connectivity index (χ2v) is 7.02. The molecule has 23 heavy (non-hydrogen) atoms. The van der Waals surface area contributed by atoms with Gasteiger partial charge in [-0.3, -0.25) is 9.59 Å². The lowest BCUT2D eigenvalue weighted by Gasteiger charge is -2.30. The lowest BCUT2D eigenvalue weighted by molar-refractivity contribution is -0.122. The molecule has 1 aromatic rings. The summed E-state index contributed by atoms with van der Waals surface area (Å²) in [5.41, 5.74) is 0. The van der Waals surface area contributed by atoms with E-state index in [0.717, 1.165) is 12.8 Å². The van der Waals surface area contributed by atoms with Crippen LogP contribution in [0.25, 0.3) is 0 Å². The van der Waals surface area contributed by atoms with Gasteiger partial charge in [0.05, 0.1) is 4.88 Å². The first kappa shape index (κ1) is 17.9. The number of aliphatic hydroxyl groups is 1. The van der Waals surface area contributed by atoms with E-state index in [1.807, 2.05) is 11.4 Å². The van der Waals surface area contributed by atoms with Gasteiger partial charge < -0.3 is 15.7 Å². The fraction of sp³-hybridized carbons (Fsp3) is 0.647. The first-order valence-corrected chi connectivity index (χ1v) is 9.30. The lowest BCUT2D eigenvalue weighted by Crippen LogP contribution is -2.42. The molecule has 0 aromatic carbocycles. The van der Waals surface area contributed by atoms with E-state index >= 15 is 0 Å². The third-order valence-electron chi connectivity index (χ3n) is 4.39. The Morgan fingerprint density at radius 2 is 2.09 bits per heavy atom. The number of carbonyl (C=O) groups excluding carboxylic acids is 2. The summed E-state index contributed by atoms with van der Waals surface area (Å²) < 4.78 is 0. The van der Waals surface area contributed by atoms with Crippen LogP contribution in [-0.4, -0.2) is 36.1 Å². The molecule has 5 nitrogen and oxygen atoms in total. The standard InChI is InChI=1S/C17H26N2O3S/c20-11-9-14(13-5-2-1-3-6-13)19-16(21)8-10-18-17(22)15-7-4-12-23-15/h4,7,12-14,20H,1-3,5-6,8-11H2,(H,18,22)(H,19,21). The van der Waals surface area contributed by atoms with Gasteiger partial charge in [0.25, 0.3) is 5.91 Å². The molecule has 1 aliphatic carbocycles. The van der Waals surface area contributed by atoms with Crippen LogP contribution in [0.3, 0.4) is 0 Å². The number of aliphatic hydroxyl groups excluding tert-OH is 1. The van der Waals surface area contributed by atoms with Crippen molar-refractivity contribution in [3.05, 3.63) is 22.4 Å². The van der Waals surface area contributed by atoms with Gasteiger partial charge >= 0.3 is 0 Å². The summed E-state index contributed by atoms with van der Waals surface area (Å²) in [4.78, 5) is 24.5. The third kappa shape index (κ3) is 5.95. The van der Waals surface area contributed by atoms with Gasteiger partial charge in [-0.05, 0) is 36.6 Å². The van der Waals surface area contributed by atoms with Crippen molar-refractivity contribution in [2.24, 2.45) is 5.92 Å². The molecule has 1 aromatic heterocycles. The predicted molar refractivity (Wildman–Crippen MR) is 91.5 cm³/mol. The normalized spacial score (nSPS) is 16.7. The monoisotopic (exact) mass is 338 g/mol. The minimum absolute atomic E-state index is 0.0551. The zero-order valence-electron chi connectivity index (χ0n) is 13.4. The van der Waals surface area contributed by atoms with Crippen molar-refractivity contribution in [3.63, 3.8) is 0 Å². The number of rotatable bonds is 8. The maximum absolute atomic E-state index is 12.1. The molecule has 2 rings (SSSR count). The van der Waals surface area contributed by atoms with Gasteiger partial charge in [0.1, 0.15) is 0 Å². The van der Waals surface area contributed by atoms with E-state index in [4.69, 9.17) is 0 Å². The molecule has 0 radical (unpaired) electrons. The van der Waals surface area contributed by atoms with Gasteiger partial charge in [0, 0.05) is 25.6 Å². The van der Waals surface area contributed by atoms with Gasteiger partial charge in [-0.1, -0.05) is 25.3 Å². The SMILES string of the molecule is O=C(CCNC(=O)c1cccs1)NC(CCO)C1CCCCC1. The highest BCUT2D eigenvalue weighted by atomic mass is 32.1. The van der Waals surface area contributed by atoms with Gasteiger partial charge in [-0.25, -0.2) is 0 Å². The second-order valence-electron chi connectivity index (χ2n) is 6.07. The molecule has 1 unspecified atom stereocenters. The maximum atomic E-state index is 12.1. The molecule has 1 atom stereocenters. The summed E-state index contributed by atoms with van der Waals surface area (Å²) in [5, 5.41) is 16.9. The van der Waals surface area contributed by atoms with E-state index in [1.54, 1.807) is 6.07 Å². The highest BCUT2D eigenvalue weighted by molar-refractivity contribution is 7.12. The zero-order chi connectivity index (χ0) is 16.5. The second kappa shape index (κ2) is 9.67. The summed E-state index contributed by atoms with van der Waals surface area (Å²) in [6.45, 7) is 0.426. The summed E-state index contributed by atoms with van der Waals surface area (Å²) >= 11 is 1.39. The Morgan fingerprint density at radius 1 is 1.30 bits per heavy atom. The van der Waals surface area contributed by atoms with Crippen LogP contribution in [0, 0.1) is 5.92 Å². The molecule has 128 valence electrons. The number of nitrogens with one attached hydrogen (secondary N) is 2. The number of hydrogen-bond donors (Lipinski definition) is 3. The van der Waals surface area contributed by atoms with Crippen molar-refractivity contribution in [2.45, 2.75) is 51.0 Å². The first-order chi connectivity index (χ1) is 11.2. The van der Waals surface area contributed by atoms with E-state index in [9.17, 15) is 14.7 Å². The molecule has 1 heterocycles. The molecule has 1 saturated carbocycles. The number of hydrogen-bond acceptors (Lipinski definition) is 4. The number of thiophene rings is 1. The summed E-state index contributed by atoms with van der Waals surface area (Å²) in [7, 11) is 0. The highest BCUT2D eigenvalue weighted by Crippen LogP contribution is 2.27. The average Bonchev–Trinajstić information content (AvgIpc) is 3.10. The lowest BCUT2D eigenvalue weighted by atomic mass is 9.82. The van der Waals surface area contributed by atoms with E-state index in [1.165, 1.54) is 30.6 Å². The number of amides is 2. The van der Waals surface area contributed by atoms with Crippen LogP contribution in [0.1, 0.15) is 54.6 Å². The molecule has 0 aliphatic heterocycles. The van der Waals surface area contributed by atoms with Gasteiger partial charge in [0.15, 0.2) is 0 Å². The Balaban J connectivity index is 1.72. The summed E-state index contributed by atoms with van der Waals surface area (Å²) in [6, 6.07) is 3.65. The zero-order valence-corrected chi connectivity index (χ0v) is 14.2. The van der Waals surface area contributed by atoms with Crippen LogP contribution in [0.15, 0.2) is 17.5 Å². The van der Waals surface area contributed by atoms with Crippen molar-refractivity contribution in [3.8, 4) is 0 Å². The topological polar surface area (TPSA) is 78.4 Å². The quantitative estimate of drug-likeness (QED) is 0.681. The highest BCUT2D eigenvalue weighted by Gasteiger charge is 2.24. The fourth-order valence-electron chi connectivity index (χ4n) is 3.16. The van der Waals surface area contributed by atoms with Crippen LogP contribution < -0.4 is 10.6 Å². The Labute approximate surface area is 141 Å². The van der Waals surface area contributed by atoms with Crippen LogP contribution >= 0.6 is 11.3 Å². The Hall–Kier alpha value is -1.40. The summed E-state index contributed by atoms with van der Waals surface area (Å²) in [5.74, 6) is 0.285. The van der Waals surface area contributed by atoms with Gasteiger partial charge in [0.2, 0.25) is 5.91 Å². The molecule has 0 saturated heterocycles. The van der Waals surface area contributed by atoms with E-state index in [0.29, 0.717) is 23.8 Å². The third-order valence-corrected chi connectivity index (χ3v) is 5.26. The molecule has 3 N–H and O–H groups in total. The van der Waals surface area contributed by atoms with E-state index in [-0.39, 0.29) is 30.9 Å². The first-order valence-electron chi connectivity index (χ1n) is 8.42. The largest absolute Gasteiger partial charge is 0.396 e. The molecular formula is C17H26N2O3S. The van der Waals surface area contributed by atoms with Crippen LogP contribution in [0.4, 0.5) is 0 Å². The molecule has 1 aliphatic rings. The molecule has 2 amide bonds. The van der Waals surface area contributed by atoms with Crippen molar-refractivity contribution in [1.82, 2.24) is 10.6 Å². The van der Waals surface area contributed by atoms with Crippen molar-refractivity contribution < 1.29 is 14.7 Å². The molecule has 0 bridgehead atoms. The summed E-state index contributed by atoms with van der Waals surface area (Å²) in [6.07, 6.45) is 6.81. The molecule has 0 spiro atoms. The van der Waals surface area contributed by atoms with Crippen LogP contribution in [0.2, 0.25) is 0 Å². The molecule has 1 fully saturated rings. The van der Waals surface area contributed by atoms with Gasteiger partial charge in [-0.15, -0.1) is 11.3 Å². The minimum Gasteiger partial charge on any atom is -0.396 e. The predicted octanol–water partition coefficient (Wildman–Crippen LogP) is 2.32. The maximum Gasteiger partial charge on any atom is 0.261 e. The molecular weight excluding hydrogens is 312 g/mol. The smallest absolute Gasteiger partial charge is 0.261 e.